The summed E-state index contributed by atoms with van der Waals surface area (Å²) in [6, 6.07) is 12.5. The van der Waals surface area contributed by atoms with Crippen LogP contribution in [0.3, 0.4) is 0 Å². The number of aliphatic carboxylic acids is 1. The third-order valence-corrected chi connectivity index (χ3v) is 3.77. The predicted octanol–water partition coefficient (Wildman–Crippen LogP) is 3.48. The molecule has 0 saturated heterocycles. The Morgan fingerprint density at radius 1 is 1.17 bits per heavy atom. The monoisotopic (exact) mass is 329 g/mol. The van der Waals surface area contributed by atoms with E-state index in [0.29, 0.717) is 30.2 Å². The van der Waals surface area contributed by atoms with Gasteiger partial charge in [-0.05, 0) is 48.2 Å². The molecule has 1 atom stereocenters. The van der Waals surface area contributed by atoms with E-state index in [0.717, 1.165) is 17.5 Å². The second-order valence-electron chi connectivity index (χ2n) is 5.60. The molecule has 1 unspecified atom stereocenters. The minimum atomic E-state index is -0.869. The largest absolute Gasteiger partial charge is 0.493 e. The quantitative estimate of drug-likeness (QED) is 0.725. The van der Waals surface area contributed by atoms with Gasteiger partial charge in [0.05, 0.1) is 19.6 Å². The van der Waals surface area contributed by atoms with E-state index < -0.39 is 11.9 Å². The fourth-order valence-electron chi connectivity index (χ4n) is 2.48. The van der Waals surface area contributed by atoms with Crippen LogP contribution in [-0.2, 0) is 11.2 Å². The van der Waals surface area contributed by atoms with Crippen LogP contribution >= 0.6 is 0 Å². The van der Waals surface area contributed by atoms with Crippen molar-refractivity contribution in [3.05, 3.63) is 53.6 Å². The van der Waals surface area contributed by atoms with Gasteiger partial charge in [-0.3, -0.25) is 4.79 Å². The van der Waals surface area contributed by atoms with Crippen molar-refractivity contribution in [1.29, 1.82) is 0 Å². The van der Waals surface area contributed by atoms with Crippen molar-refractivity contribution >= 4 is 11.7 Å². The number of carboxylic acids is 1. The van der Waals surface area contributed by atoms with Gasteiger partial charge in [-0.1, -0.05) is 25.1 Å². The summed E-state index contributed by atoms with van der Waals surface area (Å²) in [5, 5.41) is 9.58. The van der Waals surface area contributed by atoms with E-state index in [1.807, 2.05) is 25.1 Å². The highest BCUT2D eigenvalue weighted by Crippen LogP contribution is 2.31. The van der Waals surface area contributed by atoms with Crippen LogP contribution in [0.25, 0.3) is 0 Å². The van der Waals surface area contributed by atoms with Gasteiger partial charge in [0.15, 0.2) is 11.5 Å². The zero-order chi connectivity index (χ0) is 17.5. The number of hydrogen-bond donors (Lipinski definition) is 2. The summed E-state index contributed by atoms with van der Waals surface area (Å²) in [4.78, 5) is 11.7. The molecule has 5 nitrogen and oxygen atoms in total. The molecule has 3 N–H and O–H groups in total. The number of hydrogen-bond acceptors (Lipinski definition) is 4. The second kappa shape index (κ2) is 8.24. The number of benzene rings is 2. The minimum Gasteiger partial charge on any atom is -0.493 e. The summed E-state index contributed by atoms with van der Waals surface area (Å²) < 4.78 is 11.0. The minimum absolute atomic E-state index is 0.367. The number of ether oxygens (including phenoxy) is 2. The fraction of sp³-hybridized carbons (Fsp3) is 0.316. The van der Waals surface area contributed by atoms with Crippen LogP contribution < -0.4 is 15.2 Å². The first-order valence-electron chi connectivity index (χ1n) is 7.93. The van der Waals surface area contributed by atoms with Gasteiger partial charge >= 0.3 is 5.97 Å². The van der Waals surface area contributed by atoms with E-state index in [1.54, 1.807) is 31.4 Å². The Balaban J connectivity index is 2.25. The van der Waals surface area contributed by atoms with Crippen LogP contribution in [0.5, 0.6) is 11.5 Å². The Labute approximate surface area is 142 Å². The molecule has 2 rings (SSSR count). The van der Waals surface area contributed by atoms with Crippen LogP contribution in [0.2, 0.25) is 0 Å². The lowest BCUT2D eigenvalue weighted by atomic mass is 9.92. The van der Waals surface area contributed by atoms with Crippen molar-refractivity contribution in [2.24, 2.45) is 0 Å². The molecular weight excluding hydrogens is 306 g/mol. The maximum absolute atomic E-state index is 11.7. The first-order valence-corrected chi connectivity index (χ1v) is 7.93. The highest BCUT2D eigenvalue weighted by atomic mass is 16.5. The summed E-state index contributed by atoms with van der Waals surface area (Å²) in [7, 11) is 1.59. The molecule has 0 aliphatic heterocycles. The average Bonchev–Trinajstić information content (AvgIpc) is 2.58. The predicted molar refractivity (Wildman–Crippen MR) is 93.7 cm³/mol. The molecule has 0 amide bonds. The Hall–Kier alpha value is -2.69. The van der Waals surface area contributed by atoms with Gasteiger partial charge in [0.2, 0.25) is 0 Å². The Morgan fingerprint density at radius 2 is 1.88 bits per heavy atom. The van der Waals surface area contributed by atoms with Crippen LogP contribution in [0.15, 0.2) is 42.5 Å². The summed E-state index contributed by atoms with van der Waals surface area (Å²) >= 11 is 0. The van der Waals surface area contributed by atoms with Gasteiger partial charge in [-0.25, -0.2) is 0 Å². The first-order chi connectivity index (χ1) is 11.5. The molecule has 0 radical (unpaired) electrons. The summed E-state index contributed by atoms with van der Waals surface area (Å²) in [6.07, 6.45) is 1.25. The van der Waals surface area contributed by atoms with E-state index in [9.17, 15) is 9.90 Å². The van der Waals surface area contributed by atoms with Crippen molar-refractivity contribution < 1.29 is 19.4 Å². The lowest BCUT2D eigenvalue weighted by Gasteiger charge is -2.15. The second-order valence-corrected chi connectivity index (χ2v) is 5.60. The van der Waals surface area contributed by atoms with Crippen molar-refractivity contribution in [3.63, 3.8) is 0 Å². The Bertz CT molecular complexity index is 682. The van der Waals surface area contributed by atoms with Crippen LogP contribution in [-0.4, -0.2) is 24.8 Å². The molecule has 0 spiro atoms. The molecule has 24 heavy (non-hydrogen) atoms. The van der Waals surface area contributed by atoms with Gasteiger partial charge in [0, 0.05) is 5.69 Å². The van der Waals surface area contributed by atoms with E-state index in [1.165, 1.54) is 0 Å². The lowest BCUT2D eigenvalue weighted by molar-refractivity contribution is -0.138. The highest BCUT2D eigenvalue weighted by Gasteiger charge is 2.21. The number of anilines is 1. The van der Waals surface area contributed by atoms with Crippen LogP contribution in [0.4, 0.5) is 5.69 Å². The van der Waals surface area contributed by atoms with Crippen molar-refractivity contribution in [3.8, 4) is 11.5 Å². The lowest BCUT2D eigenvalue weighted by Crippen LogP contribution is -2.14. The molecule has 0 fully saturated rings. The van der Waals surface area contributed by atoms with Crippen molar-refractivity contribution in [2.45, 2.75) is 25.7 Å². The Kier molecular flexibility index (Phi) is 6.07. The molecule has 0 aliphatic carbocycles. The maximum atomic E-state index is 11.7. The zero-order valence-electron chi connectivity index (χ0n) is 14.0. The number of methoxy groups -OCH3 is 1. The highest BCUT2D eigenvalue weighted by molar-refractivity contribution is 5.76. The summed E-state index contributed by atoms with van der Waals surface area (Å²) in [5.41, 5.74) is 7.90. The molecule has 5 heteroatoms. The summed E-state index contributed by atoms with van der Waals surface area (Å²) in [6.45, 7) is 2.61. The fourth-order valence-corrected chi connectivity index (χ4v) is 2.48. The van der Waals surface area contributed by atoms with Crippen molar-refractivity contribution in [2.75, 3.05) is 19.5 Å². The first kappa shape index (κ1) is 17.7. The molecule has 0 heterocycles. The molecular formula is C19H23NO4. The topological polar surface area (TPSA) is 81.8 Å². The SMILES string of the molecule is CCCOc1cc(CC(C(=O)O)c2ccc(N)cc2)ccc1OC. The third kappa shape index (κ3) is 4.41. The third-order valence-electron chi connectivity index (χ3n) is 3.77. The van der Waals surface area contributed by atoms with Gasteiger partial charge < -0.3 is 20.3 Å². The number of carboxylic acid groups (broad SMARTS) is 1. The van der Waals surface area contributed by atoms with Gasteiger partial charge in [0.25, 0.3) is 0 Å². The van der Waals surface area contributed by atoms with E-state index in [4.69, 9.17) is 15.2 Å². The average molecular weight is 329 g/mol. The van der Waals surface area contributed by atoms with E-state index in [2.05, 4.69) is 0 Å². The summed E-state index contributed by atoms with van der Waals surface area (Å²) in [5.74, 6) is -0.227. The van der Waals surface area contributed by atoms with E-state index >= 15 is 0 Å². The number of rotatable bonds is 8. The normalized spacial score (nSPS) is 11.8. The van der Waals surface area contributed by atoms with E-state index in [-0.39, 0.29) is 0 Å². The smallest absolute Gasteiger partial charge is 0.311 e. The number of nitrogen functional groups attached to an aromatic ring is 1. The van der Waals surface area contributed by atoms with Crippen molar-refractivity contribution in [1.82, 2.24) is 0 Å². The molecule has 128 valence electrons. The molecule has 0 bridgehead atoms. The maximum Gasteiger partial charge on any atom is 0.311 e. The zero-order valence-corrected chi connectivity index (χ0v) is 14.0. The Morgan fingerprint density at radius 3 is 2.46 bits per heavy atom. The molecule has 0 aliphatic rings. The number of nitrogens with two attached hydrogens (primary N) is 1. The molecule has 0 saturated carbocycles. The van der Waals surface area contributed by atoms with Crippen LogP contribution in [0.1, 0.15) is 30.4 Å². The van der Waals surface area contributed by atoms with Gasteiger partial charge in [-0.15, -0.1) is 0 Å². The van der Waals surface area contributed by atoms with Gasteiger partial charge in [0.1, 0.15) is 0 Å². The van der Waals surface area contributed by atoms with Gasteiger partial charge in [-0.2, -0.15) is 0 Å². The van der Waals surface area contributed by atoms with Crippen LogP contribution in [0, 0.1) is 0 Å². The number of carbonyl (C=O) groups is 1. The standard InChI is InChI=1S/C19H23NO4/c1-3-10-24-18-12-13(4-9-17(18)23-2)11-16(19(21)22)14-5-7-15(20)8-6-14/h4-9,12,16H,3,10-11,20H2,1-2H3,(H,21,22). The molecule has 2 aromatic carbocycles. The molecule has 2 aromatic rings. The molecule has 0 aromatic heterocycles.